The summed E-state index contributed by atoms with van der Waals surface area (Å²) in [6, 6.07) is 20.4. The van der Waals surface area contributed by atoms with Gasteiger partial charge in [-0.05, 0) is 53.9 Å². The molecule has 0 radical (unpaired) electrons. The van der Waals surface area contributed by atoms with Gasteiger partial charge in [0, 0.05) is 17.1 Å². The first-order chi connectivity index (χ1) is 11.2. The van der Waals surface area contributed by atoms with E-state index in [0.717, 1.165) is 17.1 Å². The van der Waals surface area contributed by atoms with Crippen molar-refractivity contribution in [1.29, 1.82) is 5.26 Å². The van der Waals surface area contributed by atoms with Crippen LogP contribution in [0.2, 0.25) is 0 Å². The van der Waals surface area contributed by atoms with Gasteiger partial charge in [-0.15, -0.1) is 11.3 Å². The maximum Gasteiger partial charge on any atom is 0.265 e. The molecule has 5 heteroatoms. The van der Waals surface area contributed by atoms with Crippen LogP contribution in [0.25, 0.3) is 0 Å². The average Bonchev–Trinajstić information content (AvgIpc) is 3.11. The molecule has 0 bridgehead atoms. The first-order valence-electron chi connectivity index (χ1n) is 6.97. The Hall–Kier alpha value is -3.10. The lowest BCUT2D eigenvalue weighted by molar-refractivity contribution is 0.103. The van der Waals surface area contributed by atoms with Gasteiger partial charge in [0.1, 0.15) is 0 Å². The zero-order valence-electron chi connectivity index (χ0n) is 12.1. The highest BCUT2D eigenvalue weighted by atomic mass is 32.1. The summed E-state index contributed by atoms with van der Waals surface area (Å²) >= 11 is 1.41. The summed E-state index contributed by atoms with van der Waals surface area (Å²) in [4.78, 5) is 12.7. The number of rotatable bonds is 4. The molecule has 0 unspecified atom stereocenters. The summed E-state index contributed by atoms with van der Waals surface area (Å²) < 4.78 is 0. The number of nitrogens with one attached hydrogen (secondary N) is 2. The highest BCUT2D eigenvalue weighted by molar-refractivity contribution is 7.12. The molecule has 23 heavy (non-hydrogen) atoms. The second-order valence-corrected chi connectivity index (χ2v) is 5.77. The van der Waals surface area contributed by atoms with Crippen molar-refractivity contribution in [3.8, 4) is 6.07 Å². The molecule has 112 valence electrons. The fourth-order valence-electron chi connectivity index (χ4n) is 2.07. The molecular weight excluding hydrogens is 306 g/mol. The Balaban J connectivity index is 1.67. The zero-order valence-corrected chi connectivity index (χ0v) is 12.9. The fourth-order valence-corrected chi connectivity index (χ4v) is 2.69. The number of thiophene rings is 1. The Bertz CT molecular complexity index is 849. The predicted octanol–water partition coefficient (Wildman–Crippen LogP) is 4.62. The van der Waals surface area contributed by atoms with Gasteiger partial charge in [0.2, 0.25) is 0 Å². The van der Waals surface area contributed by atoms with Crippen molar-refractivity contribution in [1.82, 2.24) is 0 Å². The average molecular weight is 319 g/mol. The molecule has 0 aliphatic carbocycles. The maximum absolute atomic E-state index is 12.0. The molecule has 3 aromatic rings. The monoisotopic (exact) mass is 319 g/mol. The van der Waals surface area contributed by atoms with Crippen LogP contribution in [0.5, 0.6) is 0 Å². The van der Waals surface area contributed by atoms with Crippen LogP contribution in [-0.2, 0) is 0 Å². The van der Waals surface area contributed by atoms with Crippen molar-refractivity contribution in [2.24, 2.45) is 0 Å². The number of hydrogen-bond donors (Lipinski definition) is 2. The van der Waals surface area contributed by atoms with E-state index in [9.17, 15) is 4.79 Å². The van der Waals surface area contributed by atoms with E-state index in [4.69, 9.17) is 5.26 Å². The van der Waals surface area contributed by atoms with Crippen molar-refractivity contribution in [3.63, 3.8) is 0 Å². The maximum atomic E-state index is 12.0. The molecule has 3 rings (SSSR count). The third-order valence-electron chi connectivity index (χ3n) is 3.17. The highest BCUT2D eigenvalue weighted by Gasteiger charge is 2.06. The smallest absolute Gasteiger partial charge is 0.265 e. The van der Waals surface area contributed by atoms with Crippen LogP contribution in [0.1, 0.15) is 15.2 Å². The number of amides is 1. The Morgan fingerprint density at radius 3 is 2.43 bits per heavy atom. The first-order valence-corrected chi connectivity index (χ1v) is 7.85. The summed E-state index contributed by atoms with van der Waals surface area (Å²) in [5.41, 5.74) is 3.07. The number of hydrogen-bond acceptors (Lipinski definition) is 4. The van der Waals surface area contributed by atoms with Crippen molar-refractivity contribution in [2.45, 2.75) is 0 Å². The minimum atomic E-state index is -0.109. The molecule has 1 heterocycles. The quantitative estimate of drug-likeness (QED) is 0.737. The van der Waals surface area contributed by atoms with Crippen LogP contribution in [-0.4, -0.2) is 5.91 Å². The van der Waals surface area contributed by atoms with Crippen molar-refractivity contribution in [3.05, 3.63) is 76.5 Å². The second kappa shape index (κ2) is 6.77. The van der Waals surface area contributed by atoms with Gasteiger partial charge in [-0.1, -0.05) is 12.1 Å². The van der Waals surface area contributed by atoms with Gasteiger partial charge in [-0.2, -0.15) is 5.26 Å². The van der Waals surface area contributed by atoms with Crippen LogP contribution in [0, 0.1) is 11.3 Å². The van der Waals surface area contributed by atoms with Crippen molar-refractivity contribution < 1.29 is 4.79 Å². The van der Waals surface area contributed by atoms with Gasteiger partial charge in [0.25, 0.3) is 5.91 Å². The number of nitrogens with zero attached hydrogens (tertiary/aromatic N) is 1. The van der Waals surface area contributed by atoms with E-state index in [-0.39, 0.29) is 5.91 Å². The van der Waals surface area contributed by atoms with Crippen LogP contribution < -0.4 is 10.6 Å². The molecule has 2 aromatic carbocycles. The van der Waals surface area contributed by atoms with Gasteiger partial charge in [-0.3, -0.25) is 4.79 Å². The summed E-state index contributed by atoms with van der Waals surface area (Å²) in [7, 11) is 0. The fraction of sp³-hybridized carbons (Fsp3) is 0. The zero-order chi connectivity index (χ0) is 16.1. The normalized spacial score (nSPS) is 9.87. The molecule has 4 nitrogen and oxygen atoms in total. The lowest BCUT2D eigenvalue weighted by Crippen LogP contribution is -2.09. The summed E-state index contributed by atoms with van der Waals surface area (Å²) in [6.07, 6.45) is 0. The molecule has 0 aliphatic rings. The van der Waals surface area contributed by atoms with Gasteiger partial charge >= 0.3 is 0 Å². The van der Waals surface area contributed by atoms with E-state index in [1.165, 1.54) is 11.3 Å². The van der Waals surface area contributed by atoms with E-state index < -0.39 is 0 Å². The minimum Gasteiger partial charge on any atom is -0.355 e. The van der Waals surface area contributed by atoms with E-state index in [2.05, 4.69) is 16.7 Å². The van der Waals surface area contributed by atoms with E-state index in [1.807, 2.05) is 47.8 Å². The first kappa shape index (κ1) is 14.8. The molecule has 0 saturated carbocycles. The second-order valence-electron chi connectivity index (χ2n) is 4.83. The Morgan fingerprint density at radius 1 is 0.957 bits per heavy atom. The molecule has 1 aromatic heterocycles. The third-order valence-corrected chi connectivity index (χ3v) is 4.04. The van der Waals surface area contributed by atoms with Crippen LogP contribution in [0.3, 0.4) is 0 Å². The molecular formula is C18H13N3OS. The van der Waals surface area contributed by atoms with Crippen LogP contribution >= 0.6 is 11.3 Å². The Labute approximate surface area is 138 Å². The molecule has 0 atom stereocenters. The SMILES string of the molecule is N#Cc1cccc(Nc2ccc(NC(=O)c3cccs3)cc2)c1. The minimum absolute atomic E-state index is 0.109. The van der Waals surface area contributed by atoms with E-state index >= 15 is 0 Å². The van der Waals surface area contributed by atoms with Gasteiger partial charge in [-0.25, -0.2) is 0 Å². The lowest BCUT2D eigenvalue weighted by Gasteiger charge is -2.08. The number of anilines is 3. The third kappa shape index (κ3) is 3.76. The van der Waals surface area contributed by atoms with Crippen molar-refractivity contribution in [2.75, 3.05) is 10.6 Å². The number of benzene rings is 2. The molecule has 0 spiro atoms. The molecule has 0 fully saturated rings. The summed E-state index contributed by atoms with van der Waals surface area (Å²) in [5, 5.41) is 16.9. The summed E-state index contributed by atoms with van der Waals surface area (Å²) in [5.74, 6) is -0.109. The topological polar surface area (TPSA) is 64.9 Å². The largest absolute Gasteiger partial charge is 0.355 e. The predicted molar refractivity (Wildman–Crippen MR) is 93.2 cm³/mol. The van der Waals surface area contributed by atoms with Crippen LogP contribution in [0.4, 0.5) is 17.1 Å². The Kier molecular flexibility index (Phi) is 4.37. The van der Waals surface area contributed by atoms with Crippen molar-refractivity contribution >= 4 is 34.3 Å². The summed E-state index contributed by atoms with van der Waals surface area (Å²) in [6.45, 7) is 0. The Morgan fingerprint density at radius 2 is 1.74 bits per heavy atom. The number of carbonyl (C=O) groups is 1. The van der Waals surface area contributed by atoms with Gasteiger partial charge < -0.3 is 10.6 Å². The van der Waals surface area contributed by atoms with Crippen LogP contribution in [0.15, 0.2) is 66.0 Å². The molecule has 1 amide bonds. The standard InChI is InChI=1S/C18H13N3OS/c19-12-13-3-1-4-16(11-13)20-14-6-8-15(9-7-14)21-18(22)17-5-2-10-23-17/h1-11,20H,(H,21,22). The number of carbonyl (C=O) groups excluding carboxylic acids is 1. The molecule has 0 aliphatic heterocycles. The lowest BCUT2D eigenvalue weighted by atomic mass is 10.2. The highest BCUT2D eigenvalue weighted by Crippen LogP contribution is 2.20. The molecule has 2 N–H and O–H groups in total. The van der Waals surface area contributed by atoms with Gasteiger partial charge in [0.15, 0.2) is 0 Å². The van der Waals surface area contributed by atoms with E-state index in [0.29, 0.717) is 10.4 Å². The molecule has 0 saturated heterocycles. The van der Waals surface area contributed by atoms with Gasteiger partial charge in [0.05, 0.1) is 16.5 Å². The number of nitriles is 1. The van der Waals surface area contributed by atoms with E-state index in [1.54, 1.807) is 18.2 Å².